The standard InChI is InChI=1S/C12H18N2.H2/c1-14(2)8-7-10-9-13-12-6-4-3-5-11(10)12;/h3-6,10,13H,7-9H2,1-2H3;1H. The summed E-state index contributed by atoms with van der Waals surface area (Å²) in [5.74, 6) is 0.702. The zero-order valence-electron chi connectivity index (χ0n) is 8.96. The van der Waals surface area contributed by atoms with Gasteiger partial charge in [0.25, 0.3) is 0 Å². The molecule has 1 N–H and O–H groups in total. The van der Waals surface area contributed by atoms with Crippen LogP contribution >= 0.6 is 0 Å². The largest absolute Gasteiger partial charge is 0.384 e. The third-order valence-corrected chi connectivity index (χ3v) is 2.86. The molecular formula is C12H20N2. The van der Waals surface area contributed by atoms with Crippen LogP contribution in [0.25, 0.3) is 0 Å². The number of rotatable bonds is 3. The average molecular weight is 192 g/mol. The van der Waals surface area contributed by atoms with E-state index in [9.17, 15) is 0 Å². The van der Waals surface area contributed by atoms with Gasteiger partial charge in [0.2, 0.25) is 0 Å². The molecule has 78 valence electrons. The summed E-state index contributed by atoms with van der Waals surface area (Å²) in [6.07, 6.45) is 1.25. The molecule has 1 unspecified atom stereocenters. The van der Waals surface area contributed by atoms with E-state index in [2.05, 4.69) is 48.6 Å². The molecule has 0 aliphatic carbocycles. The summed E-state index contributed by atoms with van der Waals surface area (Å²) < 4.78 is 0. The number of anilines is 1. The number of benzene rings is 1. The Hall–Kier alpha value is -1.02. The lowest BCUT2D eigenvalue weighted by molar-refractivity contribution is 0.386. The fourth-order valence-electron chi connectivity index (χ4n) is 2.03. The van der Waals surface area contributed by atoms with Crippen LogP contribution < -0.4 is 5.32 Å². The molecule has 2 heteroatoms. The normalized spacial score (nSPS) is 19.5. The van der Waals surface area contributed by atoms with Crippen molar-refractivity contribution in [1.82, 2.24) is 4.90 Å². The second kappa shape index (κ2) is 4.01. The van der Waals surface area contributed by atoms with Gasteiger partial charge in [-0.05, 0) is 38.7 Å². The Morgan fingerprint density at radius 1 is 1.43 bits per heavy atom. The zero-order valence-corrected chi connectivity index (χ0v) is 8.96. The van der Waals surface area contributed by atoms with Gasteiger partial charge in [0, 0.05) is 19.6 Å². The van der Waals surface area contributed by atoms with Crippen molar-refractivity contribution in [2.75, 3.05) is 32.5 Å². The van der Waals surface area contributed by atoms with Crippen LogP contribution in [-0.4, -0.2) is 32.1 Å². The number of para-hydroxylation sites is 1. The monoisotopic (exact) mass is 192 g/mol. The van der Waals surface area contributed by atoms with Crippen molar-refractivity contribution in [2.24, 2.45) is 0 Å². The van der Waals surface area contributed by atoms with E-state index in [1.807, 2.05) is 0 Å². The van der Waals surface area contributed by atoms with E-state index < -0.39 is 0 Å². The molecule has 1 aromatic rings. The summed E-state index contributed by atoms with van der Waals surface area (Å²) in [5, 5.41) is 3.46. The smallest absolute Gasteiger partial charge is 0.0376 e. The number of nitrogens with one attached hydrogen (secondary N) is 1. The van der Waals surface area contributed by atoms with Crippen LogP contribution in [-0.2, 0) is 0 Å². The van der Waals surface area contributed by atoms with Gasteiger partial charge < -0.3 is 10.2 Å². The first-order chi connectivity index (χ1) is 6.77. The molecule has 0 fully saturated rings. The molecular weight excluding hydrogens is 172 g/mol. The molecule has 0 bridgehead atoms. The minimum atomic E-state index is 0. The van der Waals surface area contributed by atoms with E-state index in [1.165, 1.54) is 24.2 Å². The van der Waals surface area contributed by atoms with Crippen LogP contribution in [0.4, 0.5) is 5.69 Å². The fraction of sp³-hybridized carbons (Fsp3) is 0.500. The highest BCUT2D eigenvalue weighted by atomic mass is 15.0. The highest BCUT2D eigenvalue weighted by Crippen LogP contribution is 2.32. The van der Waals surface area contributed by atoms with Crippen LogP contribution in [0.3, 0.4) is 0 Å². The Kier molecular flexibility index (Phi) is 2.73. The van der Waals surface area contributed by atoms with Crippen molar-refractivity contribution in [3.63, 3.8) is 0 Å². The van der Waals surface area contributed by atoms with Crippen molar-refractivity contribution in [1.29, 1.82) is 0 Å². The molecule has 1 heterocycles. The SMILES string of the molecule is CN(C)CCC1CNc2ccccc21.[HH]. The molecule has 0 saturated heterocycles. The first kappa shape index (κ1) is 9.53. The van der Waals surface area contributed by atoms with Crippen LogP contribution in [0.2, 0.25) is 0 Å². The van der Waals surface area contributed by atoms with Gasteiger partial charge in [-0.2, -0.15) is 0 Å². The number of fused-ring (bicyclic) bond motifs is 1. The molecule has 2 nitrogen and oxygen atoms in total. The molecule has 2 rings (SSSR count). The van der Waals surface area contributed by atoms with E-state index in [1.54, 1.807) is 0 Å². The highest BCUT2D eigenvalue weighted by Gasteiger charge is 2.20. The molecule has 1 atom stereocenters. The minimum absolute atomic E-state index is 0. The predicted octanol–water partition coefficient (Wildman–Crippen LogP) is 2.39. The van der Waals surface area contributed by atoms with Gasteiger partial charge in [-0.15, -0.1) is 0 Å². The zero-order chi connectivity index (χ0) is 9.97. The predicted molar refractivity (Wildman–Crippen MR) is 63.0 cm³/mol. The van der Waals surface area contributed by atoms with Gasteiger partial charge in [-0.1, -0.05) is 18.2 Å². The summed E-state index contributed by atoms with van der Waals surface area (Å²) in [4.78, 5) is 2.25. The Morgan fingerprint density at radius 3 is 3.00 bits per heavy atom. The van der Waals surface area contributed by atoms with E-state index in [-0.39, 0.29) is 1.43 Å². The van der Waals surface area contributed by atoms with E-state index in [0.717, 1.165) is 6.54 Å². The quantitative estimate of drug-likeness (QED) is 0.791. The Morgan fingerprint density at radius 2 is 2.21 bits per heavy atom. The Balaban J connectivity index is 0.00000112. The van der Waals surface area contributed by atoms with Gasteiger partial charge in [0.15, 0.2) is 0 Å². The first-order valence-corrected chi connectivity index (χ1v) is 5.25. The summed E-state index contributed by atoms with van der Waals surface area (Å²) in [5.41, 5.74) is 2.82. The van der Waals surface area contributed by atoms with E-state index in [0.29, 0.717) is 5.92 Å². The molecule has 0 saturated carbocycles. The lowest BCUT2D eigenvalue weighted by atomic mass is 9.98. The van der Waals surface area contributed by atoms with Crippen LogP contribution in [0, 0.1) is 0 Å². The van der Waals surface area contributed by atoms with Crippen molar-refractivity contribution in [2.45, 2.75) is 12.3 Å². The number of hydrogen-bond donors (Lipinski definition) is 1. The van der Waals surface area contributed by atoms with Crippen LogP contribution in [0.1, 0.15) is 19.3 Å². The van der Waals surface area contributed by atoms with Crippen molar-refractivity contribution >= 4 is 5.69 Å². The maximum atomic E-state index is 3.46. The average Bonchev–Trinajstić information content (AvgIpc) is 2.58. The summed E-state index contributed by atoms with van der Waals surface area (Å²) in [7, 11) is 4.27. The Labute approximate surface area is 87.4 Å². The van der Waals surface area contributed by atoms with Crippen molar-refractivity contribution in [3.05, 3.63) is 29.8 Å². The van der Waals surface area contributed by atoms with Gasteiger partial charge in [0.1, 0.15) is 0 Å². The van der Waals surface area contributed by atoms with E-state index >= 15 is 0 Å². The lowest BCUT2D eigenvalue weighted by Crippen LogP contribution is -2.16. The summed E-state index contributed by atoms with van der Waals surface area (Å²) >= 11 is 0. The second-order valence-electron chi connectivity index (χ2n) is 4.26. The third kappa shape index (κ3) is 1.90. The molecule has 1 aromatic carbocycles. The van der Waals surface area contributed by atoms with Crippen LogP contribution in [0.15, 0.2) is 24.3 Å². The van der Waals surface area contributed by atoms with Gasteiger partial charge in [-0.25, -0.2) is 0 Å². The lowest BCUT2D eigenvalue weighted by Gasteiger charge is -2.14. The van der Waals surface area contributed by atoms with Crippen molar-refractivity contribution < 1.29 is 1.43 Å². The second-order valence-corrected chi connectivity index (χ2v) is 4.26. The summed E-state index contributed by atoms with van der Waals surface area (Å²) in [6, 6.07) is 8.65. The molecule has 14 heavy (non-hydrogen) atoms. The molecule has 1 aliphatic heterocycles. The molecule has 0 aromatic heterocycles. The maximum Gasteiger partial charge on any atom is 0.0376 e. The molecule has 0 radical (unpaired) electrons. The van der Waals surface area contributed by atoms with Crippen LogP contribution in [0.5, 0.6) is 0 Å². The fourth-order valence-corrected chi connectivity index (χ4v) is 2.03. The third-order valence-electron chi connectivity index (χ3n) is 2.86. The molecule has 0 amide bonds. The van der Waals surface area contributed by atoms with Gasteiger partial charge in [0.05, 0.1) is 0 Å². The maximum absolute atomic E-state index is 3.46. The number of hydrogen-bond acceptors (Lipinski definition) is 2. The van der Waals surface area contributed by atoms with E-state index in [4.69, 9.17) is 0 Å². The molecule has 1 aliphatic rings. The molecule has 0 spiro atoms. The first-order valence-electron chi connectivity index (χ1n) is 5.25. The minimum Gasteiger partial charge on any atom is -0.384 e. The highest BCUT2D eigenvalue weighted by molar-refractivity contribution is 5.57. The van der Waals surface area contributed by atoms with Gasteiger partial charge >= 0.3 is 0 Å². The Bertz CT molecular complexity index is 312. The van der Waals surface area contributed by atoms with Crippen molar-refractivity contribution in [3.8, 4) is 0 Å². The van der Waals surface area contributed by atoms with Gasteiger partial charge in [-0.3, -0.25) is 0 Å². The summed E-state index contributed by atoms with van der Waals surface area (Å²) in [6.45, 7) is 2.27. The number of nitrogens with zero attached hydrogens (tertiary/aromatic N) is 1. The topological polar surface area (TPSA) is 15.3 Å².